The molecule has 1 aliphatic rings. The van der Waals surface area contributed by atoms with Crippen LogP contribution in [0, 0.1) is 0 Å². The van der Waals surface area contributed by atoms with Gasteiger partial charge < -0.3 is 19.5 Å². The van der Waals surface area contributed by atoms with E-state index in [-0.39, 0.29) is 0 Å². The van der Waals surface area contributed by atoms with Gasteiger partial charge in [-0.1, -0.05) is 12.1 Å². The van der Waals surface area contributed by atoms with Crippen LogP contribution in [0.4, 0.5) is 5.82 Å². The van der Waals surface area contributed by atoms with Crippen LogP contribution in [-0.2, 0) is 6.42 Å². The van der Waals surface area contributed by atoms with Gasteiger partial charge in [0, 0.05) is 12.6 Å². The number of nitrogens with one attached hydrogen (secondary N) is 1. The van der Waals surface area contributed by atoms with Gasteiger partial charge in [0.2, 0.25) is 5.88 Å². The number of fused-ring (bicyclic) bond motifs is 1. The summed E-state index contributed by atoms with van der Waals surface area (Å²) in [6, 6.07) is 11.7. The van der Waals surface area contributed by atoms with Crippen molar-refractivity contribution in [2.45, 2.75) is 6.42 Å². The number of aromatic nitrogens is 1. The Balaban J connectivity index is 1.57. The van der Waals surface area contributed by atoms with Crippen LogP contribution in [0.5, 0.6) is 17.4 Å². The summed E-state index contributed by atoms with van der Waals surface area (Å²) in [6.07, 6.45) is 0.884. The second-order valence-electron chi connectivity index (χ2n) is 4.72. The van der Waals surface area contributed by atoms with E-state index in [9.17, 15) is 0 Å². The molecule has 5 nitrogen and oxygen atoms in total. The molecule has 0 atom stereocenters. The molecular weight excluding hydrogens is 268 g/mol. The summed E-state index contributed by atoms with van der Waals surface area (Å²) in [4.78, 5) is 4.31. The van der Waals surface area contributed by atoms with E-state index >= 15 is 0 Å². The molecule has 1 aliphatic heterocycles. The minimum absolute atomic E-state index is 0.610. The first-order valence-electron chi connectivity index (χ1n) is 6.98. The average Bonchev–Trinajstić information content (AvgIpc) is 2.55. The maximum Gasteiger partial charge on any atom is 0.214 e. The van der Waals surface area contributed by atoms with E-state index in [2.05, 4.69) is 16.4 Å². The van der Waals surface area contributed by atoms with Gasteiger partial charge >= 0.3 is 0 Å². The van der Waals surface area contributed by atoms with Crippen molar-refractivity contribution in [3.8, 4) is 17.4 Å². The highest BCUT2D eigenvalue weighted by atomic mass is 16.6. The third-order valence-corrected chi connectivity index (χ3v) is 3.26. The maximum absolute atomic E-state index is 5.58. The largest absolute Gasteiger partial charge is 0.486 e. The van der Waals surface area contributed by atoms with Gasteiger partial charge in [-0.3, -0.25) is 0 Å². The van der Waals surface area contributed by atoms with Crippen molar-refractivity contribution in [3.63, 3.8) is 0 Å². The molecule has 0 unspecified atom stereocenters. The molecule has 0 saturated carbocycles. The maximum atomic E-state index is 5.58. The van der Waals surface area contributed by atoms with Gasteiger partial charge in [-0.05, 0) is 30.2 Å². The fourth-order valence-corrected chi connectivity index (χ4v) is 2.21. The van der Waals surface area contributed by atoms with Crippen molar-refractivity contribution < 1.29 is 14.2 Å². The lowest BCUT2D eigenvalue weighted by atomic mass is 10.1. The normalized spacial score (nSPS) is 12.8. The molecule has 2 aromatic rings. The van der Waals surface area contributed by atoms with E-state index in [1.54, 1.807) is 7.11 Å². The number of nitrogens with zero attached hydrogens (tertiary/aromatic N) is 1. The van der Waals surface area contributed by atoms with E-state index in [4.69, 9.17) is 14.2 Å². The van der Waals surface area contributed by atoms with Gasteiger partial charge in [0.1, 0.15) is 19.0 Å². The molecule has 1 N–H and O–H groups in total. The molecule has 2 heterocycles. The number of pyridine rings is 1. The molecule has 110 valence electrons. The average molecular weight is 286 g/mol. The van der Waals surface area contributed by atoms with Crippen LogP contribution in [0.15, 0.2) is 36.4 Å². The number of rotatable bonds is 5. The third kappa shape index (κ3) is 3.37. The molecule has 0 aliphatic carbocycles. The predicted octanol–water partition coefficient (Wildman–Crippen LogP) is 2.52. The van der Waals surface area contributed by atoms with Gasteiger partial charge in [0.15, 0.2) is 11.5 Å². The smallest absolute Gasteiger partial charge is 0.214 e. The number of anilines is 1. The molecule has 1 aromatic carbocycles. The molecule has 0 saturated heterocycles. The summed E-state index contributed by atoms with van der Waals surface area (Å²) in [5, 5.41) is 3.28. The Labute approximate surface area is 123 Å². The summed E-state index contributed by atoms with van der Waals surface area (Å²) in [5.41, 5.74) is 1.20. The molecule has 5 heteroatoms. The van der Waals surface area contributed by atoms with E-state index in [0.29, 0.717) is 19.1 Å². The van der Waals surface area contributed by atoms with Crippen LogP contribution < -0.4 is 19.5 Å². The molecule has 0 fully saturated rings. The summed E-state index contributed by atoms with van der Waals surface area (Å²) in [6.45, 7) is 2.03. The lowest BCUT2D eigenvalue weighted by Crippen LogP contribution is -2.15. The van der Waals surface area contributed by atoms with Gasteiger partial charge in [0.05, 0.1) is 7.11 Å². The summed E-state index contributed by atoms with van der Waals surface area (Å²) in [5.74, 6) is 3.08. The molecule has 21 heavy (non-hydrogen) atoms. The molecular formula is C16H18N2O3. The fraction of sp³-hybridized carbons (Fsp3) is 0.312. The van der Waals surface area contributed by atoms with Gasteiger partial charge in [-0.15, -0.1) is 0 Å². The minimum atomic E-state index is 0.610. The second kappa shape index (κ2) is 6.35. The summed E-state index contributed by atoms with van der Waals surface area (Å²) < 4.78 is 16.2. The monoisotopic (exact) mass is 286 g/mol. The lowest BCUT2D eigenvalue weighted by Gasteiger charge is -2.18. The highest BCUT2D eigenvalue weighted by molar-refractivity contribution is 5.44. The Hall–Kier alpha value is -2.43. The van der Waals surface area contributed by atoms with Crippen molar-refractivity contribution in [1.82, 2.24) is 4.98 Å². The summed E-state index contributed by atoms with van der Waals surface area (Å²) in [7, 11) is 1.61. The lowest BCUT2D eigenvalue weighted by molar-refractivity contribution is 0.171. The number of hydrogen-bond donors (Lipinski definition) is 1. The van der Waals surface area contributed by atoms with Crippen LogP contribution >= 0.6 is 0 Å². The van der Waals surface area contributed by atoms with E-state index in [0.717, 1.165) is 30.3 Å². The Bertz CT molecular complexity index is 616. The first-order valence-corrected chi connectivity index (χ1v) is 6.98. The molecule has 3 rings (SSSR count). The van der Waals surface area contributed by atoms with Crippen LogP contribution in [0.25, 0.3) is 0 Å². The standard InChI is InChI=1S/C16H18N2O3/c1-19-16-4-2-3-15(18-16)17-8-7-12-5-6-13-14(11-12)21-10-9-20-13/h2-6,11H,7-10H2,1H3,(H,17,18). The third-order valence-electron chi connectivity index (χ3n) is 3.26. The molecule has 1 aromatic heterocycles. The highest BCUT2D eigenvalue weighted by Crippen LogP contribution is 2.30. The van der Waals surface area contributed by atoms with Crippen molar-refractivity contribution in [2.75, 3.05) is 32.2 Å². The summed E-state index contributed by atoms with van der Waals surface area (Å²) >= 11 is 0. The molecule has 0 radical (unpaired) electrons. The number of hydrogen-bond acceptors (Lipinski definition) is 5. The Morgan fingerprint density at radius 3 is 2.86 bits per heavy atom. The topological polar surface area (TPSA) is 52.6 Å². The van der Waals surface area contributed by atoms with Gasteiger partial charge in [0.25, 0.3) is 0 Å². The minimum Gasteiger partial charge on any atom is -0.486 e. The van der Waals surface area contributed by atoms with E-state index in [1.807, 2.05) is 30.3 Å². The zero-order chi connectivity index (χ0) is 14.5. The van der Waals surface area contributed by atoms with E-state index < -0.39 is 0 Å². The zero-order valence-corrected chi connectivity index (χ0v) is 12.0. The zero-order valence-electron chi connectivity index (χ0n) is 12.0. The highest BCUT2D eigenvalue weighted by Gasteiger charge is 2.11. The first kappa shape index (κ1) is 13.5. The number of methoxy groups -OCH3 is 1. The fourth-order valence-electron chi connectivity index (χ4n) is 2.21. The van der Waals surface area contributed by atoms with Crippen LogP contribution in [0.3, 0.4) is 0 Å². The van der Waals surface area contributed by atoms with Crippen LogP contribution in [0.1, 0.15) is 5.56 Å². The van der Waals surface area contributed by atoms with Crippen molar-refractivity contribution >= 4 is 5.82 Å². The molecule has 0 bridgehead atoms. The second-order valence-corrected chi connectivity index (χ2v) is 4.72. The first-order chi connectivity index (χ1) is 10.3. The predicted molar refractivity (Wildman–Crippen MR) is 80.4 cm³/mol. The number of ether oxygens (including phenoxy) is 3. The Morgan fingerprint density at radius 1 is 1.14 bits per heavy atom. The van der Waals surface area contributed by atoms with E-state index in [1.165, 1.54) is 5.56 Å². The van der Waals surface area contributed by atoms with Crippen LogP contribution in [-0.4, -0.2) is 31.9 Å². The molecule has 0 amide bonds. The Kier molecular flexibility index (Phi) is 4.09. The van der Waals surface area contributed by atoms with Crippen molar-refractivity contribution in [3.05, 3.63) is 42.0 Å². The van der Waals surface area contributed by atoms with Crippen molar-refractivity contribution in [1.29, 1.82) is 0 Å². The van der Waals surface area contributed by atoms with Crippen molar-refractivity contribution in [2.24, 2.45) is 0 Å². The van der Waals surface area contributed by atoms with Gasteiger partial charge in [-0.2, -0.15) is 4.98 Å². The number of benzene rings is 1. The van der Waals surface area contributed by atoms with Crippen LogP contribution in [0.2, 0.25) is 0 Å². The quantitative estimate of drug-likeness (QED) is 0.915. The molecule has 0 spiro atoms. The Morgan fingerprint density at radius 2 is 2.00 bits per heavy atom. The SMILES string of the molecule is COc1cccc(NCCc2ccc3c(c2)OCCO3)n1. The van der Waals surface area contributed by atoms with Gasteiger partial charge in [-0.25, -0.2) is 0 Å².